The van der Waals surface area contributed by atoms with E-state index in [1.165, 1.54) is 31.4 Å². The molecule has 0 aromatic heterocycles. The molecule has 1 saturated heterocycles. The van der Waals surface area contributed by atoms with Gasteiger partial charge in [-0.15, -0.1) is 0 Å². The van der Waals surface area contributed by atoms with Crippen LogP contribution in [0.5, 0.6) is 0 Å². The number of hydrogen-bond donors (Lipinski definition) is 1. The van der Waals surface area contributed by atoms with Gasteiger partial charge in [-0.25, -0.2) is 0 Å². The quantitative estimate of drug-likeness (QED) is 0.749. The van der Waals surface area contributed by atoms with Crippen LogP contribution in [0.4, 0.5) is 0 Å². The Morgan fingerprint density at radius 1 is 1.14 bits per heavy atom. The molecule has 14 heavy (non-hydrogen) atoms. The molecule has 1 aromatic carbocycles. The summed E-state index contributed by atoms with van der Waals surface area (Å²) < 4.78 is 0. The zero-order chi connectivity index (χ0) is 9.80. The highest BCUT2D eigenvalue weighted by Gasteiger charge is 2.13. The van der Waals surface area contributed by atoms with Crippen LogP contribution in [-0.4, -0.2) is 13.1 Å². The average molecular weight is 210 g/mol. The van der Waals surface area contributed by atoms with E-state index < -0.39 is 0 Å². The lowest BCUT2D eigenvalue weighted by Gasteiger charge is -2.14. The molecule has 76 valence electrons. The smallest absolute Gasteiger partial charge is 0.0406 e. The minimum Gasteiger partial charge on any atom is -0.316 e. The first kappa shape index (κ1) is 10.0. The Labute approximate surface area is 90.5 Å². The van der Waals surface area contributed by atoms with Crippen LogP contribution in [0.25, 0.3) is 0 Å². The van der Waals surface area contributed by atoms with Gasteiger partial charge in [0.05, 0.1) is 0 Å². The zero-order valence-electron chi connectivity index (χ0n) is 8.30. The van der Waals surface area contributed by atoms with E-state index in [1.54, 1.807) is 0 Å². The number of halogens is 1. The molecule has 0 spiro atoms. The predicted molar refractivity (Wildman–Crippen MR) is 60.9 cm³/mol. The van der Waals surface area contributed by atoms with Crippen molar-refractivity contribution in [2.45, 2.75) is 25.2 Å². The van der Waals surface area contributed by atoms with Crippen molar-refractivity contribution in [3.05, 3.63) is 34.9 Å². The molecular weight excluding hydrogens is 194 g/mol. The maximum atomic E-state index is 5.87. The highest BCUT2D eigenvalue weighted by atomic mass is 35.5. The van der Waals surface area contributed by atoms with Gasteiger partial charge in [-0.05, 0) is 43.0 Å². The zero-order valence-corrected chi connectivity index (χ0v) is 9.06. The van der Waals surface area contributed by atoms with E-state index in [4.69, 9.17) is 11.6 Å². The summed E-state index contributed by atoms with van der Waals surface area (Å²) in [5.74, 6) is 0.676. The Balaban J connectivity index is 2.08. The molecule has 1 heterocycles. The minimum atomic E-state index is 0.676. The first-order valence-electron chi connectivity index (χ1n) is 5.32. The molecule has 1 N–H and O–H groups in total. The molecule has 0 amide bonds. The molecule has 1 fully saturated rings. The molecular formula is C12H16ClN. The highest BCUT2D eigenvalue weighted by Crippen LogP contribution is 2.24. The standard InChI is InChI=1S/C12H16ClN/c13-12-6-4-10(5-7-12)11-3-1-2-8-14-9-11/h4-7,11,14H,1-3,8-9H2/t11-/m0/s1. The second-order valence-corrected chi connectivity index (χ2v) is 4.38. The van der Waals surface area contributed by atoms with Gasteiger partial charge in [0, 0.05) is 11.6 Å². The van der Waals surface area contributed by atoms with Gasteiger partial charge in [-0.2, -0.15) is 0 Å². The predicted octanol–water partition coefficient (Wildman–Crippen LogP) is 3.20. The molecule has 1 aliphatic rings. The summed E-state index contributed by atoms with van der Waals surface area (Å²) >= 11 is 5.87. The SMILES string of the molecule is Clc1ccc([C@H]2CCCCNC2)cc1. The van der Waals surface area contributed by atoms with Crippen LogP contribution in [0.2, 0.25) is 5.02 Å². The fourth-order valence-corrected chi connectivity index (χ4v) is 2.16. The van der Waals surface area contributed by atoms with E-state index in [9.17, 15) is 0 Å². The molecule has 1 nitrogen and oxygen atoms in total. The largest absolute Gasteiger partial charge is 0.316 e. The third kappa shape index (κ3) is 2.49. The Hall–Kier alpha value is -0.530. The molecule has 2 rings (SSSR count). The first-order chi connectivity index (χ1) is 6.86. The lowest BCUT2D eigenvalue weighted by molar-refractivity contribution is 0.610. The maximum Gasteiger partial charge on any atom is 0.0406 e. The topological polar surface area (TPSA) is 12.0 Å². The van der Waals surface area contributed by atoms with Gasteiger partial charge in [0.2, 0.25) is 0 Å². The number of hydrogen-bond acceptors (Lipinski definition) is 1. The van der Waals surface area contributed by atoms with Crippen molar-refractivity contribution in [1.29, 1.82) is 0 Å². The lowest BCUT2D eigenvalue weighted by atomic mass is 9.95. The summed E-state index contributed by atoms with van der Waals surface area (Å²) in [5, 5.41) is 4.31. The van der Waals surface area contributed by atoms with Crippen molar-refractivity contribution in [2.24, 2.45) is 0 Å². The number of rotatable bonds is 1. The Kier molecular flexibility index (Phi) is 3.44. The maximum absolute atomic E-state index is 5.87. The van der Waals surface area contributed by atoms with Gasteiger partial charge in [0.15, 0.2) is 0 Å². The summed E-state index contributed by atoms with van der Waals surface area (Å²) in [6.07, 6.45) is 3.94. The summed E-state index contributed by atoms with van der Waals surface area (Å²) in [4.78, 5) is 0. The van der Waals surface area contributed by atoms with E-state index in [0.717, 1.165) is 11.6 Å². The Morgan fingerprint density at radius 2 is 1.93 bits per heavy atom. The van der Waals surface area contributed by atoms with Gasteiger partial charge < -0.3 is 5.32 Å². The lowest BCUT2D eigenvalue weighted by Crippen LogP contribution is -2.19. The van der Waals surface area contributed by atoms with Crippen molar-refractivity contribution in [3.8, 4) is 0 Å². The normalized spacial score (nSPS) is 23.1. The molecule has 0 bridgehead atoms. The minimum absolute atomic E-state index is 0.676. The fraction of sp³-hybridized carbons (Fsp3) is 0.500. The van der Waals surface area contributed by atoms with Crippen LogP contribution in [0.1, 0.15) is 30.7 Å². The van der Waals surface area contributed by atoms with Crippen LogP contribution in [0, 0.1) is 0 Å². The van der Waals surface area contributed by atoms with Crippen LogP contribution >= 0.6 is 11.6 Å². The van der Waals surface area contributed by atoms with E-state index in [-0.39, 0.29) is 0 Å². The number of benzene rings is 1. The van der Waals surface area contributed by atoms with Crippen LogP contribution in [0.3, 0.4) is 0 Å². The Morgan fingerprint density at radius 3 is 2.71 bits per heavy atom. The summed E-state index contributed by atoms with van der Waals surface area (Å²) in [5.41, 5.74) is 1.42. The van der Waals surface area contributed by atoms with Crippen molar-refractivity contribution in [1.82, 2.24) is 5.32 Å². The molecule has 1 aromatic rings. The average Bonchev–Trinajstić information content (AvgIpc) is 2.47. The fourth-order valence-electron chi connectivity index (χ4n) is 2.04. The molecule has 1 atom stereocenters. The molecule has 1 aliphatic heterocycles. The van der Waals surface area contributed by atoms with Crippen LogP contribution in [-0.2, 0) is 0 Å². The third-order valence-electron chi connectivity index (χ3n) is 2.89. The van der Waals surface area contributed by atoms with E-state index in [1.807, 2.05) is 12.1 Å². The van der Waals surface area contributed by atoms with Gasteiger partial charge in [-0.3, -0.25) is 0 Å². The summed E-state index contributed by atoms with van der Waals surface area (Å²) in [6, 6.07) is 8.28. The summed E-state index contributed by atoms with van der Waals surface area (Å²) in [6.45, 7) is 2.28. The molecule has 0 saturated carbocycles. The van der Waals surface area contributed by atoms with Crippen molar-refractivity contribution < 1.29 is 0 Å². The van der Waals surface area contributed by atoms with Crippen molar-refractivity contribution in [3.63, 3.8) is 0 Å². The molecule has 0 unspecified atom stereocenters. The second kappa shape index (κ2) is 4.81. The first-order valence-corrected chi connectivity index (χ1v) is 5.70. The highest BCUT2D eigenvalue weighted by molar-refractivity contribution is 6.30. The van der Waals surface area contributed by atoms with Gasteiger partial charge in [-0.1, -0.05) is 30.2 Å². The molecule has 2 heteroatoms. The Bertz CT molecular complexity index is 273. The second-order valence-electron chi connectivity index (χ2n) is 3.95. The van der Waals surface area contributed by atoms with E-state index in [2.05, 4.69) is 17.4 Å². The molecule has 0 radical (unpaired) electrons. The van der Waals surface area contributed by atoms with Gasteiger partial charge in [0.1, 0.15) is 0 Å². The van der Waals surface area contributed by atoms with Gasteiger partial charge >= 0.3 is 0 Å². The van der Waals surface area contributed by atoms with Gasteiger partial charge in [0.25, 0.3) is 0 Å². The third-order valence-corrected chi connectivity index (χ3v) is 3.14. The van der Waals surface area contributed by atoms with Crippen molar-refractivity contribution in [2.75, 3.05) is 13.1 Å². The van der Waals surface area contributed by atoms with Crippen LogP contribution < -0.4 is 5.32 Å². The van der Waals surface area contributed by atoms with Crippen LogP contribution in [0.15, 0.2) is 24.3 Å². The number of nitrogens with one attached hydrogen (secondary N) is 1. The van der Waals surface area contributed by atoms with Crippen molar-refractivity contribution >= 4 is 11.6 Å². The molecule has 0 aliphatic carbocycles. The monoisotopic (exact) mass is 209 g/mol. The summed E-state index contributed by atoms with van der Waals surface area (Å²) in [7, 11) is 0. The van der Waals surface area contributed by atoms with E-state index >= 15 is 0 Å². The van der Waals surface area contributed by atoms with E-state index in [0.29, 0.717) is 5.92 Å².